The Bertz CT molecular complexity index is 215. The van der Waals surface area contributed by atoms with Crippen LogP contribution in [0.3, 0.4) is 0 Å². The van der Waals surface area contributed by atoms with E-state index >= 15 is 0 Å². The predicted octanol–water partition coefficient (Wildman–Crippen LogP) is 0.587. The summed E-state index contributed by atoms with van der Waals surface area (Å²) in [6.07, 6.45) is 5.66. The number of nitrogens with two attached hydrogens (primary N) is 1. The molecule has 0 bridgehead atoms. The van der Waals surface area contributed by atoms with Crippen LogP contribution < -0.4 is 5.73 Å². The normalized spacial score (nSPS) is 48.6. The fourth-order valence-corrected chi connectivity index (χ4v) is 3.41. The van der Waals surface area contributed by atoms with Gasteiger partial charge < -0.3 is 10.5 Å². The van der Waals surface area contributed by atoms with Gasteiger partial charge in [-0.05, 0) is 38.8 Å². The summed E-state index contributed by atoms with van der Waals surface area (Å²) in [7, 11) is 0. The molecule has 80 valence electrons. The number of hydrogen-bond acceptors (Lipinski definition) is 3. The number of nitrogens with zero attached hydrogens (tertiary/aromatic N) is 1. The molecule has 3 aliphatic rings. The molecule has 0 spiro atoms. The molecule has 2 aliphatic heterocycles. The van der Waals surface area contributed by atoms with E-state index in [1.54, 1.807) is 0 Å². The van der Waals surface area contributed by atoms with E-state index in [4.69, 9.17) is 10.5 Å². The smallest absolute Gasteiger partial charge is 0.0788 e. The molecule has 3 fully saturated rings. The molecular formula is C11H20N2O. The number of hydrogen-bond donors (Lipinski definition) is 1. The van der Waals surface area contributed by atoms with Crippen LogP contribution in [0.25, 0.3) is 0 Å². The van der Waals surface area contributed by atoms with Gasteiger partial charge in [-0.25, -0.2) is 0 Å². The van der Waals surface area contributed by atoms with Gasteiger partial charge in [0.05, 0.1) is 12.1 Å². The SMILES string of the molecule is NC1C2CCCOC2C1N1CCCC1. The van der Waals surface area contributed by atoms with Gasteiger partial charge in [-0.1, -0.05) is 0 Å². The lowest BCUT2D eigenvalue weighted by Gasteiger charge is -2.55. The third-order valence-electron chi connectivity index (χ3n) is 4.20. The second-order valence-corrected chi connectivity index (χ2v) is 4.95. The van der Waals surface area contributed by atoms with Gasteiger partial charge in [-0.3, -0.25) is 4.90 Å². The average molecular weight is 196 g/mol. The molecule has 3 nitrogen and oxygen atoms in total. The van der Waals surface area contributed by atoms with Crippen LogP contribution in [-0.4, -0.2) is 42.8 Å². The lowest BCUT2D eigenvalue weighted by molar-refractivity contribution is -0.150. The summed E-state index contributed by atoms with van der Waals surface area (Å²) in [6.45, 7) is 3.44. The van der Waals surface area contributed by atoms with Crippen LogP contribution >= 0.6 is 0 Å². The quantitative estimate of drug-likeness (QED) is 0.667. The van der Waals surface area contributed by atoms with Gasteiger partial charge in [-0.2, -0.15) is 0 Å². The van der Waals surface area contributed by atoms with Crippen molar-refractivity contribution in [2.45, 2.75) is 43.9 Å². The van der Waals surface area contributed by atoms with Crippen LogP contribution in [0.15, 0.2) is 0 Å². The lowest BCUT2D eigenvalue weighted by Crippen LogP contribution is -2.71. The van der Waals surface area contributed by atoms with Gasteiger partial charge in [0.15, 0.2) is 0 Å². The fourth-order valence-electron chi connectivity index (χ4n) is 3.41. The molecular weight excluding hydrogens is 176 g/mol. The number of likely N-dealkylation sites (tertiary alicyclic amines) is 1. The van der Waals surface area contributed by atoms with Gasteiger partial charge in [0.1, 0.15) is 0 Å². The molecule has 4 unspecified atom stereocenters. The zero-order valence-corrected chi connectivity index (χ0v) is 8.69. The molecule has 1 saturated carbocycles. The van der Waals surface area contributed by atoms with E-state index in [0.717, 1.165) is 6.61 Å². The third kappa shape index (κ3) is 1.23. The molecule has 2 heterocycles. The van der Waals surface area contributed by atoms with Crippen molar-refractivity contribution in [1.29, 1.82) is 0 Å². The summed E-state index contributed by atoms with van der Waals surface area (Å²) in [5.74, 6) is 0.661. The van der Waals surface area contributed by atoms with Crippen molar-refractivity contribution in [3.05, 3.63) is 0 Å². The molecule has 2 saturated heterocycles. The summed E-state index contributed by atoms with van der Waals surface area (Å²) < 4.78 is 5.85. The van der Waals surface area contributed by atoms with E-state index in [0.29, 0.717) is 24.1 Å². The van der Waals surface area contributed by atoms with Gasteiger partial charge in [0.2, 0.25) is 0 Å². The predicted molar refractivity (Wildman–Crippen MR) is 55.0 cm³/mol. The summed E-state index contributed by atoms with van der Waals surface area (Å²) in [5.41, 5.74) is 6.24. The van der Waals surface area contributed by atoms with E-state index in [1.807, 2.05) is 0 Å². The molecule has 3 rings (SSSR count). The Hall–Kier alpha value is -0.120. The first-order valence-corrected chi connectivity index (χ1v) is 5.99. The number of fused-ring (bicyclic) bond motifs is 1. The zero-order chi connectivity index (χ0) is 9.54. The Kier molecular flexibility index (Phi) is 2.26. The molecule has 14 heavy (non-hydrogen) atoms. The first kappa shape index (κ1) is 9.13. The largest absolute Gasteiger partial charge is 0.376 e. The van der Waals surface area contributed by atoms with Gasteiger partial charge in [0, 0.05) is 18.6 Å². The summed E-state index contributed by atoms with van der Waals surface area (Å²) in [4.78, 5) is 2.55. The van der Waals surface area contributed by atoms with E-state index < -0.39 is 0 Å². The maximum atomic E-state index is 6.24. The Morgan fingerprint density at radius 3 is 2.71 bits per heavy atom. The molecule has 3 heteroatoms. The van der Waals surface area contributed by atoms with Crippen molar-refractivity contribution in [3.63, 3.8) is 0 Å². The first-order valence-electron chi connectivity index (χ1n) is 5.99. The molecule has 0 aromatic rings. The Morgan fingerprint density at radius 1 is 1.14 bits per heavy atom. The highest BCUT2D eigenvalue weighted by Gasteiger charge is 2.52. The van der Waals surface area contributed by atoms with Crippen LogP contribution in [0, 0.1) is 5.92 Å². The van der Waals surface area contributed by atoms with Crippen molar-refractivity contribution in [1.82, 2.24) is 4.90 Å². The molecule has 2 N–H and O–H groups in total. The third-order valence-corrected chi connectivity index (χ3v) is 4.20. The Labute approximate surface area is 85.6 Å². The van der Waals surface area contributed by atoms with E-state index in [2.05, 4.69) is 4.90 Å². The van der Waals surface area contributed by atoms with Crippen LogP contribution in [-0.2, 0) is 4.74 Å². The summed E-state index contributed by atoms with van der Waals surface area (Å²) >= 11 is 0. The minimum atomic E-state index is 0.387. The minimum absolute atomic E-state index is 0.387. The van der Waals surface area contributed by atoms with Crippen molar-refractivity contribution in [2.24, 2.45) is 11.7 Å². The molecule has 0 radical (unpaired) electrons. The first-order chi connectivity index (χ1) is 6.88. The van der Waals surface area contributed by atoms with E-state index in [1.165, 1.54) is 38.8 Å². The van der Waals surface area contributed by atoms with Crippen molar-refractivity contribution >= 4 is 0 Å². The van der Waals surface area contributed by atoms with Crippen molar-refractivity contribution in [3.8, 4) is 0 Å². The van der Waals surface area contributed by atoms with E-state index in [-0.39, 0.29) is 0 Å². The van der Waals surface area contributed by atoms with Crippen LogP contribution in [0.1, 0.15) is 25.7 Å². The second-order valence-electron chi connectivity index (χ2n) is 4.95. The maximum absolute atomic E-state index is 6.24. The number of ether oxygens (including phenoxy) is 1. The van der Waals surface area contributed by atoms with Crippen LogP contribution in [0.5, 0.6) is 0 Å². The minimum Gasteiger partial charge on any atom is -0.376 e. The monoisotopic (exact) mass is 196 g/mol. The Balaban J connectivity index is 1.68. The van der Waals surface area contributed by atoms with Crippen molar-refractivity contribution in [2.75, 3.05) is 19.7 Å². The van der Waals surface area contributed by atoms with Crippen molar-refractivity contribution < 1.29 is 4.74 Å². The molecule has 4 atom stereocenters. The van der Waals surface area contributed by atoms with Gasteiger partial charge >= 0.3 is 0 Å². The molecule has 0 amide bonds. The second kappa shape index (κ2) is 3.47. The Morgan fingerprint density at radius 2 is 1.93 bits per heavy atom. The summed E-state index contributed by atoms with van der Waals surface area (Å²) in [6, 6.07) is 0.932. The highest BCUT2D eigenvalue weighted by atomic mass is 16.5. The fraction of sp³-hybridized carbons (Fsp3) is 1.00. The van der Waals surface area contributed by atoms with E-state index in [9.17, 15) is 0 Å². The zero-order valence-electron chi connectivity index (χ0n) is 8.69. The maximum Gasteiger partial charge on any atom is 0.0788 e. The number of rotatable bonds is 1. The molecule has 0 aromatic heterocycles. The topological polar surface area (TPSA) is 38.5 Å². The van der Waals surface area contributed by atoms with Gasteiger partial charge in [-0.15, -0.1) is 0 Å². The average Bonchev–Trinajstić information content (AvgIpc) is 2.70. The summed E-state index contributed by atoms with van der Waals surface area (Å²) in [5, 5.41) is 0. The van der Waals surface area contributed by atoms with Gasteiger partial charge in [0.25, 0.3) is 0 Å². The lowest BCUT2D eigenvalue weighted by atomic mass is 9.68. The standard InChI is InChI=1S/C11H20N2O/c12-9-8-4-3-7-14-11(8)10(9)13-5-1-2-6-13/h8-11H,1-7,12H2. The molecule has 1 aliphatic carbocycles. The highest BCUT2D eigenvalue weighted by molar-refractivity contribution is 5.08. The highest BCUT2D eigenvalue weighted by Crippen LogP contribution is 2.40. The van der Waals surface area contributed by atoms with Crippen LogP contribution in [0.2, 0.25) is 0 Å². The van der Waals surface area contributed by atoms with Crippen LogP contribution in [0.4, 0.5) is 0 Å². The molecule has 0 aromatic carbocycles.